The Hall–Kier alpha value is -3.17. The molecule has 10 heteroatoms. The van der Waals surface area contributed by atoms with Gasteiger partial charge < -0.3 is 14.8 Å². The number of anilines is 1. The average Bonchev–Trinajstić information content (AvgIpc) is 3.09. The van der Waals surface area contributed by atoms with Crippen LogP contribution in [0.1, 0.15) is 46.5 Å². The maximum absolute atomic E-state index is 12.2. The van der Waals surface area contributed by atoms with Crippen molar-refractivity contribution in [3.63, 3.8) is 0 Å². The molecule has 0 aromatic carbocycles. The Morgan fingerprint density at radius 1 is 1.07 bits per heavy atom. The number of carbonyl (C=O) groups is 2. The van der Waals surface area contributed by atoms with Gasteiger partial charge >= 0.3 is 12.2 Å². The van der Waals surface area contributed by atoms with Gasteiger partial charge in [0.2, 0.25) is 0 Å². The summed E-state index contributed by atoms with van der Waals surface area (Å²) in [5.74, 6) is 0.313. The van der Waals surface area contributed by atoms with E-state index in [2.05, 4.69) is 25.7 Å². The smallest absolute Gasteiger partial charge is 0.413 e. The summed E-state index contributed by atoms with van der Waals surface area (Å²) in [6.45, 7) is 5.48. The molecule has 10 nitrogen and oxygen atoms in total. The molecule has 0 atom stereocenters. The number of carbonyl (C=O) groups excluding carboxylic acids is 2. The predicted molar refractivity (Wildman–Crippen MR) is 110 cm³/mol. The lowest BCUT2D eigenvalue weighted by Gasteiger charge is -2.29. The van der Waals surface area contributed by atoms with Gasteiger partial charge in [0.15, 0.2) is 5.82 Å². The minimum atomic E-state index is -0.568. The summed E-state index contributed by atoms with van der Waals surface area (Å²) in [5, 5.41) is 9.56. The van der Waals surface area contributed by atoms with Crippen molar-refractivity contribution in [3.05, 3.63) is 24.8 Å². The summed E-state index contributed by atoms with van der Waals surface area (Å²) >= 11 is 0. The Bertz CT molecular complexity index is 866. The van der Waals surface area contributed by atoms with E-state index in [0.29, 0.717) is 24.4 Å². The first kappa shape index (κ1) is 21.5. The maximum atomic E-state index is 12.2. The monoisotopic (exact) mass is 416 g/mol. The summed E-state index contributed by atoms with van der Waals surface area (Å²) in [4.78, 5) is 32.5. The highest BCUT2D eigenvalue weighted by molar-refractivity contribution is 5.83. The van der Waals surface area contributed by atoms with E-state index in [1.54, 1.807) is 17.1 Å². The molecular weight excluding hydrogens is 388 g/mol. The zero-order valence-corrected chi connectivity index (χ0v) is 17.7. The van der Waals surface area contributed by atoms with E-state index in [0.717, 1.165) is 18.4 Å². The van der Waals surface area contributed by atoms with Crippen molar-refractivity contribution < 1.29 is 19.1 Å². The summed E-state index contributed by atoms with van der Waals surface area (Å²) in [6, 6.07) is 0.0219. The van der Waals surface area contributed by atoms with Crippen LogP contribution < -0.4 is 10.6 Å². The molecule has 0 spiro atoms. The van der Waals surface area contributed by atoms with E-state index >= 15 is 0 Å². The summed E-state index contributed by atoms with van der Waals surface area (Å²) in [5.41, 5.74) is 0.982. The lowest BCUT2D eigenvalue weighted by Crippen LogP contribution is -2.42. The molecule has 162 valence electrons. The number of amides is 2. The lowest BCUT2D eigenvalue weighted by molar-refractivity contribution is 0.0440. The molecule has 2 aromatic heterocycles. The molecule has 0 radical (unpaired) electrons. The number of hydrogen-bond acceptors (Lipinski definition) is 7. The third-order valence-corrected chi connectivity index (χ3v) is 4.55. The van der Waals surface area contributed by atoms with E-state index in [1.807, 2.05) is 34.0 Å². The Morgan fingerprint density at radius 3 is 2.37 bits per heavy atom. The number of aryl methyl sites for hydroxylation is 1. The molecule has 2 amide bonds. The van der Waals surface area contributed by atoms with Crippen molar-refractivity contribution in [1.82, 2.24) is 25.1 Å². The molecule has 0 bridgehead atoms. The van der Waals surface area contributed by atoms with Gasteiger partial charge in [-0.1, -0.05) is 0 Å². The van der Waals surface area contributed by atoms with Crippen LogP contribution in [0.3, 0.4) is 0 Å². The first-order chi connectivity index (χ1) is 14.2. The van der Waals surface area contributed by atoms with Crippen LogP contribution in [-0.4, -0.2) is 49.7 Å². The number of nitrogens with zero attached hydrogens (tertiary/aromatic N) is 4. The highest BCUT2D eigenvalue weighted by atomic mass is 16.6. The second kappa shape index (κ2) is 9.10. The van der Waals surface area contributed by atoms with Gasteiger partial charge in [0.25, 0.3) is 0 Å². The molecule has 0 unspecified atom stereocenters. The first-order valence-corrected chi connectivity index (χ1v) is 9.96. The van der Waals surface area contributed by atoms with Crippen molar-refractivity contribution in [3.8, 4) is 11.3 Å². The average molecular weight is 416 g/mol. The van der Waals surface area contributed by atoms with Crippen molar-refractivity contribution >= 4 is 18.0 Å². The van der Waals surface area contributed by atoms with Gasteiger partial charge in [0.1, 0.15) is 11.7 Å². The van der Waals surface area contributed by atoms with E-state index in [1.165, 1.54) is 6.20 Å². The van der Waals surface area contributed by atoms with Crippen molar-refractivity contribution in [1.29, 1.82) is 0 Å². The number of ether oxygens (including phenoxy) is 2. The highest BCUT2D eigenvalue weighted by Gasteiger charge is 2.26. The van der Waals surface area contributed by atoms with Crippen LogP contribution in [-0.2, 0) is 16.5 Å². The molecule has 0 aliphatic heterocycles. The minimum Gasteiger partial charge on any atom is -0.446 e. The second-order valence-electron chi connectivity index (χ2n) is 8.34. The van der Waals surface area contributed by atoms with Crippen molar-refractivity contribution in [2.45, 2.75) is 64.2 Å². The summed E-state index contributed by atoms with van der Waals surface area (Å²) in [6.07, 6.45) is 8.15. The Balaban J connectivity index is 1.41. The van der Waals surface area contributed by atoms with Gasteiger partial charge in [-0.05, 0) is 46.5 Å². The molecule has 2 heterocycles. The SMILES string of the molecule is Cn1cc(-c2cnc(NC(=O)O[C@H]3CC[C@H](NC(=O)OC(C)(C)C)CC3)cn2)cn1. The van der Waals surface area contributed by atoms with E-state index in [4.69, 9.17) is 9.47 Å². The standard InChI is InChI=1S/C20H28N6O4/c1-20(2,3)30-19(28)24-14-5-7-15(8-6-14)29-18(27)25-17-11-21-16(10-22-17)13-9-23-26(4)12-13/h9-12,14-15H,5-8H2,1-4H3,(H,24,28)(H,22,25,27)/t14-,15-. The third-order valence-electron chi connectivity index (χ3n) is 4.55. The van der Waals surface area contributed by atoms with Crippen LogP contribution >= 0.6 is 0 Å². The lowest BCUT2D eigenvalue weighted by atomic mass is 9.93. The fourth-order valence-electron chi connectivity index (χ4n) is 3.18. The molecule has 3 rings (SSSR count). The number of aromatic nitrogens is 4. The van der Waals surface area contributed by atoms with Crippen LogP contribution in [0.2, 0.25) is 0 Å². The zero-order valence-electron chi connectivity index (χ0n) is 17.7. The van der Waals surface area contributed by atoms with Crippen molar-refractivity contribution in [2.24, 2.45) is 7.05 Å². The number of hydrogen-bond donors (Lipinski definition) is 2. The van der Waals surface area contributed by atoms with Crippen LogP contribution in [0.5, 0.6) is 0 Å². The molecule has 30 heavy (non-hydrogen) atoms. The predicted octanol–water partition coefficient (Wildman–Crippen LogP) is 3.26. The topological polar surface area (TPSA) is 120 Å². The van der Waals surface area contributed by atoms with Crippen LogP contribution in [0.15, 0.2) is 24.8 Å². The van der Waals surface area contributed by atoms with Gasteiger partial charge in [-0.15, -0.1) is 0 Å². The highest BCUT2D eigenvalue weighted by Crippen LogP contribution is 2.22. The van der Waals surface area contributed by atoms with E-state index in [-0.39, 0.29) is 12.1 Å². The van der Waals surface area contributed by atoms with Gasteiger partial charge in [0.05, 0.1) is 24.3 Å². The largest absolute Gasteiger partial charge is 0.446 e. The molecule has 1 saturated carbocycles. The van der Waals surface area contributed by atoms with Crippen LogP contribution in [0, 0.1) is 0 Å². The molecular formula is C20H28N6O4. The third kappa shape index (κ3) is 6.43. The molecule has 1 aliphatic carbocycles. The van der Waals surface area contributed by atoms with Crippen molar-refractivity contribution in [2.75, 3.05) is 5.32 Å². The Labute approximate surface area is 175 Å². The van der Waals surface area contributed by atoms with E-state index < -0.39 is 17.8 Å². The fourth-order valence-corrected chi connectivity index (χ4v) is 3.18. The van der Waals surface area contributed by atoms with Crippen LogP contribution in [0.4, 0.5) is 15.4 Å². The second-order valence-corrected chi connectivity index (χ2v) is 8.34. The fraction of sp³-hybridized carbons (Fsp3) is 0.550. The van der Waals surface area contributed by atoms with E-state index in [9.17, 15) is 9.59 Å². The zero-order chi connectivity index (χ0) is 21.7. The molecule has 2 aromatic rings. The molecule has 2 N–H and O–H groups in total. The summed E-state index contributed by atoms with van der Waals surface area (Å²) in [7, 11) is 1.82. The minimum absolute atomic E-state index is 0.0219. The van der Waals surface area contributed by atoms with Gasteiger partial charge in [-0.3, -0.25) is 15.0 Å². The Morgan fingerprint density at radius 2 is 1.80 bits per heavy atom. The first-order valence-electron chi connectivity index (χ1n) is 9.96. The number of rotatable bonds is 4. The number of nitrogens with one attached hydrogen (secondary N) is 2. The Kier molecular flexibility index (Phi) is 6.53. The molecule has 0 saturated heterocycles. The van der Waals surface area contributed by atoms with Gasteiger partial charge in [-0.25, -0.2) is 14.6 Å². The van der Waals surface area contributed by atoms with Gasteiger partial charge in [-0.2, -0.15) is 5.10 Å². The normalized spacial score (nSPS) is 19.1. The van der Waals surface area contributed by atoms with Crippen LogP contribution in [0.25, 0.3) is 11.3 Å². The quantitative estimate of drug-likeness (QED) is 0.785. The van der Waals surface area contributed by atoms with Gasteiger partial charge in [0, 0.05) is 24.8 Å². The molecule has 1 fully saturated rings. The molecule has 1 aliphatic rings. The maximum Gasteiger partial charge on any atom is 0.413 e. The number of alkyl carbamates (subject to hydrolysis) is 1. The summed E-state index contributed by atoms with van der Waals surface area (Å²) < 4.78 is 12.4.